The molecule has 0 amide bonds. The monoisotopic (exact) mass is 181 g/mol. The van der Waals surface area contributed by atoms with Crippen LogP contribution in [0.4, 0.5) is 0 Å². The second-order valence-electron chi connectivity index (χ2n) is 3.13. The third-order valence-electron chi connectivity index (χ3n) is 1.82. The van der Waals surface area contributed by atoms with Gasteiger partial charge in [0.1, 0.15) is 5.78 Å². The molecule has 4 nitrogen and oxygen atoms in total. The highest BCUT2D eigenvalue weighted by atomic mass is 16.1. The van der Waals surface area contributed by atoms with Gasteiger partial charge < -0.3 is 5.73 Å². The average molecular weight is 181 g/mol. The Bertz CT molecular complexity index is 280. The Labute approximate surface area is 77.7 Å². The molecule has 0 saturated carbocycles. The summed E-state index contributed by atoms with van der Waals surface area (Å²) in [6, 6.07) is 0. The largest absolute Gasteiger partial charge is 0.330 e. The molecule has 0 bridgehead atoms. The molecule has 4 heteroatoms. The molecule has 0 atom stereocenters. The lowest BCUT2D eigenvalue weighted by molar-refractivity contribution is -0.118. The maximum absolute atomic E-state index is 11.3. The van der Waals surface area contributed by atoms with Crippen LogP contribution in [0.25, 0.3) is 0 Å². The highest BCUT2D eigenvalue weighted by Crippen LogP contribution is 2.01. The molecule has 0 fully saturated rings. The molecule has 0 radical (unpaired) electrons. The highest BCUT2D eigenvalue weighted by Gasteiger charge is 2.04. The minimum atomic E-state index is 0.235. The first-order chi connectivity index (χ1) is 6.22. The van der Waals surface area contributed by atoms with E-state index in [1.165, 1.54) is 0 Å². The molecule has 0 unspecified atom stereocenters. The fourth-order valence-corrected chi connectivity index (χ4v) is 1.18. The fourth-order valence-electron chi connectivity index (χ4n) is 1.18. The van der Waals surface area contributed by atoms with E-state index in [4.69, 9.17) is 5.73 Å². The van der Waals surface area contributed by atoms with Gasteiger partial charge in [0.15, 0.2) is 0 Å². The number of nitrogens with two attached hydrogens (primary N) is 1. The van der Waals surface area contributed by atoms with E-state index >= 15 is 0 Å². The first kappa shape index (κ1) is 9.92. The van der Waals surface area contributed by atoms with Crippen LogP contribution in [0.15, 0.2) is 12.4 Å². The van der Waals surface area contributed by atoms with Gasteiger partial charge in [-0.3, -0.25) is 9.48 Å². The van der Waals surface area contributed by atoms with Crippen molar-refractivity contribution in [3.63, 3.8) is 0 Å². The molecule has 0 spiro atoms. The van der Waals surface area contributed by atoms with Crippen LogP contribution in [0, 0.1) is 0 Å². The molecule has 0 aliphatic carbocycles. The third-order valence-corrected chi connectivity index (χ3v) is 1.82. The Balaban J connectivity index is 2.36. The molecule has 1 aromatic heterocycles. The van der Waals surface area contributed by atoms with Gasteiger partial charge in [0.05, 0.1) is 6.20 Å². The van der Waals surface area contributed by atoms with Crippen LogP contribution in [0.5, 0.6) is 0 Å². The first-order valence-corrected chi connectivity index (χ1v) is 4.41. The molecule has 0 saturated heterocycles. The van der Waals surface area contributed by atoms with Crippen LogP contribution in [-0.4, -0.2) is 22.1 Å². The summed E-state index contributed by atoms with van der Waals surface area (Å²) >= 11 is 0. The minimum absolute atomic E-state index is 0.235. The van der Waals surface area contributed by atoms with Gasteiger partial charge in [-0.2, -0.15) is 5.10 Å². The van der Waals surface area contributed by atoms with Crippen molar-refractivity contribution in [2.45, 2.75) is 19.3 Å². The smallest absolute Gasteiger partial charge is 0.137 e. The van der Waals surface area contributed by atoms with E-state index in [2.05, 4.69) is 5.10 Å². The van der Waals surface area contributed by atoms with Gasteiger partial charge in [0, 0.05) is 26.1 Å². The van der Waals surface area contributed by atoms with Crippen LogP contribution in [0.2, 0.25) is 0 Å². The van der Waals surface area contributed by atoms with Crippen LogP contribution in [0.3, 0.4) is 0 Å². The van der Waals surface area contributed by atoms with Crippen molar-refractivity contribution in [1.29, 1.82) is 0 Å². The maximum Gasteiger partial charge on any atom is 0.137 e. The quantitative estimate of drug-likeness (QED) is 0.709. The average Bonchev–Trinajstić information content (AvgIpc) is 2.48. The Hall–Kier alpha value is -1.16. The molecule has 0 aliphatic rings. The summed E-state index contributed by atoms with van der Waals surface area (Å²) in [5, 5.41) is 3.99. The van der Waals surface area contributed by atoms with E-state index in [-0.39, 0.29) is 5.78 Å². The molecule has 1 rings (SSSR count). The van der Waals surface area contributed by atoms with Crippen molar-refractivity contribution in [2.75, 3.05) is 6.54 Å². The first-order valence-electron chi connectivity index (χ1n) is 4.41. The van der Waals surface area contributed by atoms with Crippen molar-refractivity contribution in [2.24, 2.45) is 12.8 Å². The normalized spacial score (nSPS) is 10.3. The predicted octanol–water partition coefficient (Wildman–Crippen LogP) is 0.271. The number of nitrogens with zero attached hydrogens (tertiary/aromatic N) is 2. The van der Waals surface area contributed by atoms with Crippen molar-refractivity contribution < 1.29 is 4.79 Å². The van der Waals surface area contributed by atoms with Crippen molar-refractivity contribution in [3.8, 4) is 0 Å². The van der Waals surface area contributed by atoms with Crippen molar-refractivity contribution in [1.82, 2.24) is 9.78 Å². The Morgan fingerprint density at radius 3 is 3.00 bits per heavy atom. The molecule has 0 aromatic carbocycles. The van der Waals surface area contributed by atoms with Crippen molar-refractivity contribution in [3.05, 3.63) is 18.0 Å². The third kappa shape index (κ3) is 3.38. The van der Waals surface area contributed by atoms with Crippen LogP contribution >= 0.6 is 0 Å². The van der Waals surface area contributed by atoms with Gasteiger partial charge in [0.25, 0.3) is 0 Å². The number of aromatic nitrogens is 2. The second kappa shape index (κ2) is 4.77. The lowest BCUT2D eigenvalue weighted by Gasteiger charge is -1.96. The van der Waals surface area contributed by atoms with Gasteiger partial charge in [0.2, 0.25) is 0 Å². The van der Waals surface area contributed by atoms with Crippen LogP contribution in [-0.2, 0) is 18.3 Å². The molecule has 13 heavy (non-hydrogen) atoms. The fraction of sp³-hybridized carbons (Fsp3) is 0.556. The molecule has 1 aromatic rings. The highest BCUT2D eigenvalue weighted by molar-refractivity contribution is 5.80. The Kier molecular flexibility index (Phi) is 3.64. The lowest BCUT2D eigenvalue weighted by atomic mass is 10.1. The zero-order chi connectivity index (χ0) is 9.68. The Morgan fingerprint density at radius 2 is 2.46 bits per heavy atom. The van der Waals surface area contributed by atoms with E-state index in [1.54, 1.807) is 10.9 Å². The lowest BCUT2D eigenvalue weighted by Crippen LogP contribution is -2.06. The minimum Gasteiger partial charge on any atom is -0.330 e. The molecule has 1 heterocycles. The molecule has 72 valence electrons. The number of aryl methyl sites for hydroxylation is 1. The summed E-state index contributed by atoms with van der Waals surface area (Å²) < 4.78 is 1.70. The van der Waals surface area contributed by atoms with Gasteiger partial charge in [-0.25, -0.2) is 0 Å². The van der Waals surface area contributed by atoms with Crippen LogP contribution < -0.4 is 5.73 Å². The number of rotatable bonds is 5. The van der Waals surface area contributed by atoms with E-state index < -0.39 is 0 Å². The predicted molar refractivity (Wildman–Crippen MR) is 50.2 cm³/mol. The van der Waals surface area contributed by atoms with Crippen molar-refractivity contribution >= 4 is 5.78 Å². The number of hydrogen-bond acceptors (Lipinski definition) is 3. The number of ketones is 1. The molecule has 2 N–H and O–H groups in total. The Morgan fingerprint density at radius 1 is 1.69 bits per heavy atom. The van der Waals surface area contributed by atoms with Gasteiger partial charge in [-0.05, 0) is 18.5 Å². The molecule has 0 aliphatic heterocycles. The van der Waals surface area contributed by atoms with Crippen LogP contribution in [0.1, 0.15) is 18.4 Å². The number of carbonyl (C=O) groups excluding carboxylic acids is 1. The van der Waals surface area contributed by atoms with E-state index in [9.17, 15) is 4.79 Å². The molecular formula is C9H15N3O. The topological polar surface area (TPSA) is 60.9 Å². The zero-order valence-corrected chi connectivity index (χ0v) is 7.86. The maximum atomic E-state index is 11.3. The second-order valence-corrected chi connectivity index (χ2v) is 3.13. The summed E-state index contributed by atoms with van der Waals surface area (Å²) in [4.78, 5) is 11.3. The van der Waals surface area contributed by atoms with Gasteiger partial charge >= 0.3 is 0 Å². The SMILES string of the molecule is Cn1cc(CC(=O)CCCN)cn1. The number of carbonyl (C=O) groups is 1. The van der Waals surface area contributed by atoms with Gasteiger partial charge in [-0.15, -0.1) is 0 Å². The molecular weight excluding hydrogens is 166 g/mol. The standard InChI is InChI=1S/C9H15N3O/c1-12-7-8(6-11-12)5-9(13)3-2-4-10/h6-7H,2-5,10H2,1H3. The number of hydrogen-bond donors (Lipinski definition) is 1. The van der Waals surface area contributed by atoms with E-state index in [0.29, 0.717) is 19.4 Å². The summed E-state index contributed by atoms with van der Waals surface area (Å²) in [6.07, 6.45) is 5.42. The van der Waals surface area contributed by atoms with E-state index in [1.807, 2.05) is 13.2 Å². The zero-order valence-electron chi connectivity index (χ0n) is 7.86. The number of Topliss-reactive ketones (excluding diaryl/α,β-unsaturated/α-hetero) is 1. The summed E-state index contributed by atoms with van der Waals surface area (Å²) in [5.41, 5.74) is 6.28. The summed E-state index contributed by atoms with van der Waals surface area (Å²) in [6.45, 7) is 0.582. The van der Waals surface area contributed by atoms with E-state index in [0.717, 1.165) is 12.0 Å². The summed E-state index contributed by atoms with van der Waals surface area (Å²) in [5.74, 6) is 0.235. The van der Waals surface area contributed by atoms with Gasteiger partial charge in [-0.1, -0.05) is 0 Å². The summed E-state index contributed by atoms with van der Waals surface area (Å²) in [7, 11) is 1.84.